The number of aromatic nitrogens is 4. The van der Waals surface area contributed by atoms with Crippen molar-refractivity contribution in [2.75, 3.05) is 39.1 Å². The number of aromatic amines is 1. The lowest BCUT2D eigenvalue weighted by atomic mass is 9.98. The van der Waals surface area contributed by atoms with E-state index in [0.717, 1.165) is 40.9 Å². The lowest BCUT2D eigenvalue weighted by Crippen LogP contribution is -2.30. The minimum absolute atomic E-state index is 0.447. The van der Waals surface area contributed by atoms with Crippen molar-refractivity contribution in [3.8, 4) is 11.1 Å². The first kappa shape index (κ1) is 18.8. The molecule has 4 aromatic rings. The highest BCUT2D eigenvalue weighted by atomic mass is 16.1. The van der Waals surface area contributed by atoms with Crippen molar-refractivity contribution in [1.82, 2.24) is 24.8 Å². The Morgan fingerprint density at radius 1 is 1.03 bits per heavy atom. The summed E-state index contributed by atoms with van der Waals surface area (Å²) < 4.78 is 0. The average molecular weight is 389 g/mol. The lowest BCUT2D eigenvalue weighted by Gasteiger charge is -2.24. The number of primary amides is 1. The zero-order chi connectivity index (χ0) is 20.5. The highest BCUT2D eigenvalue weighted by molar-refractivity contribution is 6.13. The molecule has 148 valence electrons. The fourth-order valence-corrected chi connectivity index (χ4v) is 3.47. The summed E-state index contributed by atoms with van der Waals surface area (Å²) in [6, 6.07) is 7.90. The van der Waals surface area contributed by atoms with E-state index in [4.69, 9.17) is 5.73 Å². The smallest absolute Gasteiger partial charge is 0.253 e. The van der Waals surface area contributed by atoms with Gasteiger partial charge in [0.2, 0.25) is 0 Å². The van der Waals surface area contributed by atoms with Crippen molar-refractivity contribution in [3.05, 3.63) is 48.5 Å². The van der Waals surface area contributed by atoms with Gasteiger partial charge in [0.1, 0.15) is 0 Å². The van der Waals surface area contributed by atoms with Gasteiger partial charge in [0, 0.05) is 38.1 Å². The molecule has 0 saturated heterocycles. The number of carbonyl (C=O) groups excluding carboxylic acids is 1. The molecule has 0 atom stereocenters. The summed E-state index contributed by atoms with van der Waals surface area (Å²) in [5.41, 5.74) is 11.8. The van der Waals surface area contributed by atoms with Gasteiger partial charge >= 0.3 is 0 Å². The van der Waals surface area contributed by atoms with E-state index < -0.39 is 5.91 Å². The number of H-pyrrole nitrogens is 1. The van der Waals surface area contributed by atoms with E-state index in [1.807, 2.05) is 50.3 Å². The first-order valence-corrected chi connectivity index (χ1v) is 9.32. The summed E-state index contributed by atoms with van der Waals surface area (Å²) in [5, 5.41) is 0. The third-order valence-electron chi connectivity index (χ3n) is 5.00. The van der Waals surface area contributed by atoms with Crippen LogP contribution in [0.15, 0.2) is 43.0 Å². The molecule has 4 rings (SSSR count). The van der Waals surface area contributed by atoms with E-state index in [-0.39, 0.29) is 0 Å². The van der Waals surface area contributed by atoms with E-state index >= 15 is 0 Å². The van der Waals surface area contributed by atoms with Crippen LogP contribution in [0.4, 0.5) is 5.69 Å². The predicted molar refractivity (Wildman–Crippen MR) is 115 cm³/mol. The van der Waals surface area contributed by atoms with Crippen LogP contribution in [0.25, 0.3) is 33.2 Å². The maximum absolute atomic E-state index is 12.3. The van der Waals surface area contributed by atoms with E-state index in [9.17, 15) is 4.79 Å². The number of hydrogen-bond acceptors (Lipinski definition) is 6. The average Bonchev–Trinajstić information content (AvgIpc) is 3.19. The molecule has 0 aliphatic carbocycles. The van der Waals surface area contributed by atoms with Crippen molar-refractivity contribution in [2.45, 2.75) is 0 Å². The van der Waals surface area contributed by atoms with E-state index in [1.54, 1.807) is 18.7 Å². The molecule has 3 N–H and O–H groups in total. The Morgan fingerprint density at radius 2 is 1.79 bits per heavy atom. The van der Waals surface area contributed by atoms with Crippen molar-refractivity contribution >= 4 is 33.7 Å². The molecule has 0 aliphatic heterocycles. The molecular weight excluding hydrogens is 366 g/mol. The van der Waals surface area contributed by atoms with Gasteiger partial charge in [0.25, 0.3) is 5.91 Å². The maximum Gasteiger partial charge on any atom is 0.253 e. The van der Waals surface area contributed by atoms with E-state index in [0.29, 0.717) is 16.6 Å². The summed E-state index contributed by atoms with van der Waals surface area (Å²) in [5.74, 6) is -0.484. The number of rotatable bonds is 6. The van der Waals surface area contributed by atoms with Crippen molar-refractivity contribution < 1.29 is 4.79 Å². The number of nitrogens with zero attached hydrogens (tertiary/aromatic N) is 5. The first-order valence-electron chi connectivity index (χ1n) is 9.32. The molecule has 8 nitrogen and oxygen atoms in total. The van der Waals surface area contributed by atoms with E-state index in [1.165, 1.54) is 0 Å². The number of likely N-dealkylation sites (N-methyl/N-ethyl adjacent to an activating group) is 2. The third-order valence-corrected chi connectivity index (χ3v) is 5.00. The molecular formula is C21H23N7O. The van der Waals surface area contributed by atoms with Crippen LogP contribution in [0.1, 0.15) is 10.4 Å². The number of hydrogen-bond donors (Lipinski definition) is 2. The van der Waals surface area contributed by atoms with Crippen molar-refractivity contribution in [2.24, 2.45) is 5.73 Å². The molecule has 2 heterocycles. The number of amides is 1. The SMILES string of the molecule is CN(C)CCN(C)c1cc(-c2ccc3nccnc3c2)c2nc[nH]c2c1C(N)=O. The Bertz CT molecular complexity index is 1200. The highest BCUT2D eigenvalue weighted by Gasteiger charge is 2.21. The molecule has 0 fully saturated rings. The molecule has 0 saturated carbocycles. The molecule has 8 heteroatoms. The van der Waals surface area contributed by atoms with Crippen molar-refractivity contribution in [3.63, 3.8) is 0 Å². The van der Waals surface area contributed by atoms with Gasteiger partial charge in [-0.05, 0) is 37.9 Å². The molecule has 0 spiro atoms. The number of fused-ring (bicyclic) bond motifs is 2. The molecule has 0 radical (unpaired) electrons. The topological polar surface area (TPSA) is 104 Å². The lowest BCUT2D eigenvalue weighted by molar-refractivity contribution is 0.100. The Kier molecular flexibility index (Phi) is 4.85. The van der Waals surface area contributed by atoms with Crippen LogP contribution in [0, 0.1) is 0 Å². The second kappa shape index (κ2) is 7.48. The maximum atomic E-state index is 12.3. The van der Waals surface area contributed by atoms with Crippen LogP contribution in [0.5, 0.6) is 0 Å². The van der Waals surface area contributed by atoms with Gasteiger partial charge in [-0.3, -0.25) is 14.8 Å². The fraction of sp³-hybridized carbons (Fsp3) is 0.238. The summed E-state index contributed by atoms with van der Waals surface area (Å²) >= 11 is 0. The minimum atomic E-state index is -0.484. The predicted octanol–water partition coefficient (Wildman–Crippen LogP) is 2.27. The Balaban J connectivity index is 1.92. The summed E-state index contributed by atoms with van der Waals surface area (Å²) in [4.78, 5) is 32.8. The van der Waals surface area contributed by atoms with Gasteiger partial charge in [0.15, 0.2) is 0 Å². The van der Waals surface area contributed by atoms with Crippen LogP contribution >= 0.6 is 0 Å². The second-order valence-electron chi connectivity index (χ2n) is 7.29. The Morgan fingerprint density at radius 3 is 2.52 bits per heavy atom. The molecule has 2 aromatic carbocycles. The number of imidazole rings is 1. The molecule has 1 amide bonds. The standard InChI is InChI=1S/C21H23N7O/c1-27(2)8-9-28(3)17-11-14(19-20(26-12-25-19)18(17)21(22)29)13-4-5-15-16(10-13)24-7-6-23-15/h4-7,10-12H,8-9H2,1-3H3,(H2,22,29)(H,25,26). The number of anilines is 1. The second-order valence-corrected chi connectivity index (χ2v) is 7.29. The molecule has 29 heavy (non-hydrogen) atoms. The number of benzene rings is 2. The van der Waals surface area contributed by atoms with Gasteiger partial charge < -0.3 is 20.5 Å². The van der Waals surface area contributed by atoms with Crippen LogP contribution in [0.2, 0.25) is 0 Å². The normalized spacial score (nSPS) is 11.4. The molecule has 0 unspecified atom stereocenters. The van der Waals surface area contributed by atoms with Gasteiger partial charge in [-0.15, -0.1) is 0 Å². The monoisotopic (exact) mass is 389 g/mol. The minimum Gasteiger partial charge on any atom is -0.373 e. The van der Waals surface area contributed by atoms with Gasteiger partial charge in [-0.25, -0.2) is 4.98 Å². The summed E-state index contributed by atoms with van der Waals surface area (Å²) in [7, 11) is 5.99. The first-order chi connectivity index (χ1) is 14.0. The fourth-order valence-electron chi connectivity index (χ4n) is 3.47. The Labute approximate surface area is 168 Å². The highest BCUT2D eigenvalue weighted by Crippen LogP contribution is 2.36. The molecule has 2 aromatic heterocycles. The zero-order valence-electron chi connectivity index (χ0n) is 16.7. The molecule has 0 aliphatic rings. The quantitative estimate of drug-likeness (QED) is 0.524. The van der Waals surface area contributed by atoms with E-state index in [2.05, 4.69) is 24.8 Å². The zero-order valence-corrected chi connectivity index (χ0v) is 16.7. The number of nitrogens with two attached hydrogens (primary N) is 1. The number of carbonyl (C=O) groups is 1. The summed E-state index contributed by atoms with van der Waals surface area (Å²) in [6.07, 6.45) is 4.94. The van der Waals surface area contributed by atoms with Crippen LogP contribution < -0.4 is 10.6 Å². The van der Waals surface area contributed by atoms with Crippen molar-refractivity contribution in [1.29, 1.82) is 0 Å². The van der Waals surface area contributed by atoms with Crippen LogP contribution in [0.3, 0.4) is 0 Å². The Hall–Kier alpha value is -3.52. The summed E-state index contributed by atoms with van der Waals surface area (Å²) in [6.45, 7) is 1.59. The van der Waals surface area contributed by atoms with Gasteiger partial charge in [-0.1, -0.05) is 6.07 Å². The molecule has 0 bridgehead atoms. The number of nitrogens with one attached hydrogen (secondary N) is 1. The largest absolute Gasteiger partial charge is 0.373 e. The third kappa shape index (κ3) is 3.50. The van der Waals surface area contributed by atoms with Gasteiger partial charge in [0.05, 0.1) is 39.6 Å². The van der Waals surface area contributed by atoms with Gasteiger partial charge in [-0.2, -0.15) is 0 Å². The van der Waals surface area contributed by atoms with Crippen LogP contribution in [-0.2, 0) is 0 Å². The van der Waals surface area contributed by atoms with Crippen LogP contribution in [-0.4, -0.2) is 65.0 Å².